The van der Waals surface area contributed by atoms with Crippen LogP contribution in [0.2, 0.25) is 0 Å². The Morgan fingerprint density at radius 3 is 3.12 bits per heavy atom. The van der Waals surface area contributed by atoms with E-state index in [1.54, 1.807) is 13.0 Å². The lowest BCUT2D eigenvalue weighted by molar-refractivity contribution is 0.0917. The zero-order valence-electron chi connectivity index (χ0n) is 8.73. The predicted octanol–water partition coefficient (Wildman–Crippen LogP) is 0.0736. The zero-order chi connectivity index (χ0) is 11.4. The van der Waals surface area contributed by atoms with Crippen LogP contribution in [0.15, 0.2) is 16.9 Å². The maximum atomic E-state index is 11.5. The quantitative estimate of drug-likeness (QED) is 0.761. The van der Waals surface area contributed by atoms with Crippen molar-refractivity contribution < 1.29 is 9.32 Å². The molecular formula is C9H11N5O2. The van der Waals surface area contributed by atoms with Crippen LogP contribution in [0.5, 0.6) is 0 Å². The molecule has 7 heteroatoms. The molecule has 0 aromatic carbocycles. The highest BCUT2D eigenvalue weighted by Gasteiger charge is 2.10. The second-order valence-corrected chi connectivity index (χ2v) is 3.27. The number of hydrogen-bond donors (Lipinski definition) is 2. The third-order valence-corrected chi connectivity index (χ3v) is 1.96. The standard InChI is InChI=1S/C9H11N5O2/c1-6-4-7(16-14-6)9(15)10-3-2-8-11-5-12-13-8/h4-5H,2-3H2,1H3,(H,10,15)(H,11,12,13). The summed E-state index contributed by atoms with van der Waals surface area (Å²) in [5.41, 5.74) is 0.681. The van der Waals surface area contributed by atoms with Crippen LogP contribution in [0.4, 0.5) is 0 Å². The molecule has 0 radical (unpaired) electrons. The number of aryl methyl sites for hydroxylation is 1. The van der Waals surface area contributed by atoms with E-state index in [0.717, 1.165) is 5.82 Å². The van der Waals surface area contributed by atoms with Crippen LogP contribution in [0, 0.1) is 6.92 Å². The van der Waals surface area contributed by atoms with E-state index in [2.05, 4.69) is 25.7 Å². The summed E-state index contributed by atoms with van der Waals surface area (Å²) in [5.74, 6) is 0.671. The van der Waals surface area contributed by atoms with E-state index >= 15 is 0 Å². The number of rotatable bonds is 4. The third-order valence-electron chi connectivity index (χ3n) is 1.96. The number of aromatic amines is 1. The number of H-pyrrole nitrogens is 1. The first-order chi connectivity index (χ1) is 7.75. The molecule has 2 rings (SSSR count). The topological polar surface area (TPSA) is 96.7 Å². The van der Waals surface area contributed by atoms with Crippen LogP contribution >= 0.6 is 0 Å². The Balaban J connectivity index is 1.80. The van der Waals surface area contributed by atoms with Gasteiger partial charge in [-0.2, -0.15) is 5.10 Å². The molecule has 0 bridgehead atoms. The molecular weight excluding hydrogens is 210 g/mol. The van der Waals surface area contributed by atoms with E-state index in [4.69, 9.17) is 4.52 Å². The number of nitrogens with zero attached hydrogens (tertiary/aromatic N) is 3. The van der Waals surface area contributed by atoms with E-state index in [1.165, 1.54) is 6.33 Å². The minimum absolute atomic E-state index is 0.218. The highest BCUT2D eigenvalue weighted by atomic mass is 16.5. The van der Waals surface area contributed by atoms with Crippen LogP contribution in [0.1, 0.15) is 22.1 Å². The van der Waals surface area contributed by atoms with Gasteiger partial charge in [-0.25, -0.2) is 4.98 Å². The van der Waals surface area contributed by atoms with E-state index in [0.29, 0.717) is 18.7 Å². The molecule has 0 atom stereocenters. The van der Waals surface area contributed by atoms with Gasteiger partial charge in [-0.1, -0.05) is 5.16 Å². The van der Waals surface area contributed by atoms with E-state index < -0.39 is 0 Å². The van der Waals surface area contributed by atoms with Crippen molar-refractivity contribution in [2.24, 2.45) is 0 Å². The lowest BCUT2D eigenvalue weighted by Crippen LogP contribution is -2.25. The van der Waals surface area contributed by atoms with Gasteiger partial charge in [-0.05, 0) is 6.92 Å². The molecule has 2 aromatic heterocycles. The number of nitrogens with one attached hydrogen (secondary N) is 2. The smallest absolute Gasteiger partial charge is 0.289 e. The van der Waals surface area contributed by atoms with Crippen molar-refractivity contribution in [1.82, 2.24) is 25.7 Å². The maximum absolute atomic E-state index is 11.5. The van der Waals surface area contributed by atoms with Crippen molar-refractivity contribution in [1.29, 1.82) is 0 Å². The van der Waals surface area contributed by atoms with Gasteiger partial charge in [-0.15, -0.1) is 0 Å². The Bertz CT molecular complexity index is 462. The fourth-order valence-corrected chi connectivity index (χ4v) is 1.20. The molecule has 0 saturated carbocycles. The Morgan fingerprint density at radius 1 is 1.62 bits per heavy atom. The fourth-order valence-electron chi connectivity index (χ4n) is 1.20. The summed E-state index contributed by atoms with van der Waals surface area (Å²) in [5, 5.41) is 12.7. The van der Waals surface area contributed by atoms with Crippen molar-refractivity contribution in [2.45, 2.75) is 13.3 Å². The number of hydrogen-bond acceptors (Lipinski definition) is 5. The zero-order valence-corrected chi connectivity index (χ0v) is 8.73. The van der Waals surface area contributed by atoms with Crippen LogP contribution in [0.3, 0.4) is 0 Å². The summed E-state index contributed by atoms with van der Waals surface area (Å²) in [4.78, 5) is 15.4. The molecule has 0 aliphatic heterocycles. The first-order valence-electron chi connectivity index (χ1n) is 4.81. The number of carbonyl (C=O) groups is 1. The molecule has 16 heavy (non-hydrogen) atoms. The van der Waals surface area contributed by atoms with Gasteiger partial charge in [0.15, 0.2) is 0 Å². The Hall–Kier alpha value is -2.18. The summed E-state index contributed by atoms with van der Waals surface area (Å²) in [7, 11) is 0. The van der Waals surface area contributed by atoms with Gasteiger partial charge in [-0.3, -0.25) is 9.89 Å². The maximum Gasteiger partial charge on any atom is 0.289 e. The molecule has 0 aliphatic rings. The van der Waals surface area contributed by atoms with Gasteiger partial charge in [0, 0.05) is 19.0 Å². The molecule has 0 aliphatic carbocycles. The van der Waals surface area contributed by atoms with Crippen molar-refractivity contribution in [3.63, 3.8) is 0 Å². The highest BCUT2D eigenvalue weighted by Crippen LogP contribution is 2.01. The van der Waals surface area contributed by atoms with Crippen LogP contribution in [-0.2, 0) is 6.42 Å². The third kappa shape index (κ3) is 2.44. The van der Waals surface area contributed by atoms with E-state index in [9.17, 15) is 4.79 Å². The largest absolute Gasteiger partial charge is 0.351 e. The summed E-state index contributed by atoms with van der Waals surface area (Å²) in [6.07, 6.45) is 2.02. The molecule has 7 nitrogen and oxygen atoms in total. The first-order valence-corrected chi connectivity index (χ1v) is 4.81. The van der Waals surface area contributed by atoms with Gasteiger partial charge in [0.25, 0.3) is 5.91 Å². The summed E-state index contributed by atoms with van der Waals surface area (Å²) < 4.78 is 4.82. The van der Waals surface area contributed by atoms with Gasteiger partial charge < -0.3 is 9.84 Å². The fraction of sp³-hybridized carbons (Fsp3) is 0.333. The van der Waals surface area contributed by atoms with Gasteiger partial charge in [0.1, 0.15) is 12.2 Å². The van der Waals surface area contributed by atoms with Crippen molar-refractivity contribution in [3.05, 3.63) is 29.7 Å². The first kappa shape index (κ1) is 10.3. The van der Waals surface area contributed by atoms with Crippen molar-refractivity contribution in [3.8, 4) is 0 Å². The SMILES string of the molecule is Cc1cc(C(=O)NCCc2ncn[nH]2)on1. The molecule has 0 saturated heterocycles. The molecule has 2 aromatic rings. The minimum Gasteiger partial charge on any atom is -0.351 e. The second kappa shape index (κ2) is 4.56. The second-order valence-electron chi connectivity index (χ2n) is 3.27. The monoisotopic (exact) mass is 221 g/mol. The summed E-state index contributed by atoms with van der Waals surface area (Å²) in [6, 6.07) is 1.59. The Morgan fingerprint density at radius 2 is 2.50 bits per heavy atom. The Kier molecular flexibility index (Phi) is 2.95. The van der Waals surface area contributed by atoms with Gasteiger partial charge in [0.2, 0.25) is 5.76 Å². The highest BCUT2D eigenvalue weighted by molar-refractivity contribution is 5.91. The van der Waals surface area contributed by atoms with E-state index in [-0.39, 0.29) is 11.7 Å². The normalized spacial score (nSPS) is 10.3. The van der Waals surface area contributed by atoms with Crippen molar-refractivity contribution in [2.75, 3.05) is 6.54 Å². The Labute approximate surface area is 91.2 Å². The molecule has 2 heterocycles. The van der Waals surface area contributed by atoms with Gasteiger partial charge in [0.05, 0.1) is 5.69 Å². The van der Waals surface area contributed by atoms with Gasteiger partial charge >= 0.3 is 0 Å². The lowest BCUT2D eigenvalue weighted by atomic mass is 10.3. The molecule has 0 fully saturated rings. The average Bonchev–Trinajstić information content (AvgIpc) is 2.89. The summed E-state index contributed by atoms with van der Waals surface area (Å²) in [6.45, 7) is 2.22. The lowest BCUT2D eigenvalue weighted by Gasteiger charge is -1.99. The summed E-state index contributed by atoms with van der Waals surface area (Å²) >= 11 is 0. The van der Waals surface area contributed by atoms with Crippen LogP contribution in [0.25, 0.3) is 0 Å². The average molecular weight is 221 g/mol. The molecule has 0 spiro atoms. The van der Waals surface area contributed by atoms with E-state index in [1.807, 2.05) is 0 Å². The predicted molar refractivity (Wildman–Crippen MR) is 53.7 cm³/mol. The minimum atomic E-state index is -0.278. The van der Waals surface area contributed by atoms with Crippen molar-refractivity contribution >= 4 is 5.91 Å². The molecule has 1 amide bonds. The molecule has 0 unspecified atom stereocenters. The molecule has 84 valence electrons. The number of carbonyl (C=O) groups excluding carboxylic acids is 1. The molecule has 2 N–H and O–H groups in total. The van der Waals surface area contributed by atoms with Crippen LogP contribution < -0.4 is 5.32 Å². The number of aromatic nitrogens is 4. The number of amides is 1. The van der Waals surface area contributed by atoms with Crippen LogP contribution in [-0.4, -0.2) is 32.8 Å².